The van der Waals surface area contributed by atoms with E-state index in [4.69, 9.17) is 0 Å². The van der Waals surface area contributed by atoms with Crippen LogP contribution >= 0.6 is 0 Å². The molecule has 4 rings (SSSR count). The van der Waals surface area contributed by atoms with Crippen LogP contribution in [0.1, 0.15) is 123 Å². The van der Waals surface area contributed by atoms with E-state index in [1.165, 1.54) is 61.2 Å². The molecule has 0 aromatic heterocycles. The van der Waals surface area contributed by atoms with Gasteiger partial charge in [-0.25, -0.2) is 0 Å². The molecule has 0 aliphatic rings. The molecule has 0 bridgehead atoms. The average Bonchev–Trinajstić information content (AvgIpc) is 3.01. The Labute approximate surface area is 274 Å². The molecule has 2 atom stereocenters. The fourth-order valence-electron chi connectivity index (χ4n) is 6.45. The second-order valence-electron chi connectivity index (χ2n) is 14.2. The maximum absolute atomic E-state index is 2.45. The summed E-state index contributed by atoms with van der Waals surface area (Å²) in [5, 5.41) is 0. The number of rotatable bonds is 10. The van der Waals surface area contributed by atoms with E-state index in [9.17, 15) is 0 Å². The Morgan fingerprint density at radius 1 is 0.644 bits per heavy atom. The molecule has 4 aromatic carbocycles. The lowest BCUT2D eigenvalue weighted by atomic mass is 9.75. The Bertz CT molecular complexity index is 1700. The van der Waals surface area contributed by atoms with Gasteiger partial charge in [0.05, 0.1) is 0 Å². The van der Waals surface area contributed by atoms with Crippen molar-refractivity contribution >= 4 is 0 Å². The first-order chi connectivity index (χ1) is 21.2. The van der Waals surface area contributed by atoms with Gasteiger partial charge >= 0.3 is 0 Å². The van der Waals surface area contributed by atoms with Crippen LogP contribution in [-0.2, 0) is 10.8 Å². The van der Waals surface area contributed by atoms with Crippen LogP contribution in [0.3, 0.4) is 0 Å². The van der Waals surface area contributed by atoms with Gasteiger partial charge in [-0.3, -0.25) is 0 Å². The number of aryl methyl sites for hydroxylation is 3. The van der Waals surface area contributed by atoms with Gasteiger partial charge in [-0.15, -0.1) is 0 Å². The minimum absolute atomic E-state index is 0.0693. The lowest BCUT2D eigenvalue weighted by molar-refractivity contribution is 0.638. The first kappa shape index (κ1) is 34.0. The highest BCUT2D eigenvalue weighted by molar-refractivity contribution is 5.48. The van der Waals surface area contributed by atoms with Crippen molar-refractivity contribution in [3.05, 3.63) is 177 Å². The summed E-state index contributed by atoms with van der Waals surface area (Å²) in [5.41, 5.74) is 14.7. The Morgan fingerprint density at radius 2 is 1.16 bits per heavy atom. The fourth-order valence-corrected chi connectivity index (χ4v) is 6.45. The molecule has 0 amide bonds. The molecule has 0 nitrogen and oxygen atoms in total. The van der Waals surface area contributed by atoms with E-state index < -0.39 is 0 Å². The van der Waals surface area contributed by atoms with Crippen LogP contribution in [0.2, 0.25) is 0 Å². The highest BCUT2D eigenvalue weighted by atomic mass is 14.3. The maximum Gasteiger partial charge on any atom is 0.0146 e. The normalized spacial score (nSPS) is 14.3. The minimum Gasteiger partial charge on any atom is -0.0874 e. The van der Waals surface area contributed by atoms with Crippen LogP contribution in [0.5, 0.6) is 0 Å². The molecule has 45 heavy (non-hydrogen) atoms. The largest absolute Gasteiger partial charge is 0.0874 e. The molecule has 0 N–H and O–H groups in total. The number of allylic oxidation sites excluding steroid dienone is 6. The Kier molecular flexibility index (Phi) is 10.6. The monoisotopic (exact) mass is 594 g/mol. The lowest BCUT2D eigenvalue weighted by Crippen LogP contribution is -2.19. The van der Waals surface area contributed by atoms with Crippen molar-refractivity contribution in [2.75, 3.05) is 0 Å². The van der Waals surface area contributed by atoms with Crippen molar-refractivity contribution in [2.45, 2.75) is 98.8 Å². The van der Waals surface area contributed by atoms with E-state index in [1.807, 2.05) is 0 Å². The van der Waals surface area contributed by atoms with Gasteiger partial charge in [-0.1, -0.05) is 168 Å². The molecular weight excluding hydrogens is 540 g/mol. The Hall–Kier alpha value is -3.90. The van der Waals surface area contributed by atoms with E-state index in [0.717, 1.165) is 0 Å². The molecule has 0 fully saturated rings. The molecular formula is C45H54. The third kappa shape index (κ3) is 7.85. The SMILES string of the molecule is C\C=C/C(C)=C\C=C\C(C)(C)c1ccc(C)c(C(C)c2cccc(C(C)c3cc(C(C)(C)c4ccc(C)cc4)ccc3C)c2)c1. The van der Waals surface area contributed by atoms with Crippen LogP contribution in [0.4, 0.5) is 0 Å². The summed E-state index contributed by atoms with van der Waals surface area (Å²) in [4.78, 5) is 0. The predicted molar refractivity (Wildman–Crippen MR) is 198 cm³/mol. The molecule has 0 spiro atoms. The zero-order valence-corrected chi connectivity index (χ0v) is 29.6. The van der Waals surface area contributed by atoms with E-state index in [-0.39, 0.29) is 10.8 Å². The Morgan fingerprint density at radius 3 is 1.71 bits per heavy atom. The van der Waals surface area contributed by atoms with E-state index in [2.05, 4.69) is 191 Å². The van der Waals surface area contributed by atoms with Crippen LogP contribution in [0.25, 0.3) is 0 Å². The summed E-state index contributed by atoms with van der Waals surface area (Å²) >= 11 is 0. The quantitative estimate of drug-likeness (QED) is 0.160. The first-order valence-corrected chi connectivity index (χ1v) is 16.6. The highest BCUT2D eigenvalue weighted by Crippen LogP contribution is 2.38. The van der Waals surface area contributed by atoms with Crippen molar-refractivity contribution in [2.24, 2.45) is 0 Å². The van der Waals surface area contributed by atoms with E-state index in [0.29, 0.717) is 11.8 Å². The van der Waals surface area contributed by atoms with E-state index >= 15 is 0 Å². The molecule has 0 heterocycles. The first-order valence-electron chi connectivity index (χ1n) is 16.6. The average molecular weight is 595 g/mol. The lowest BCUT2D eigenvalue weighted by Gasteiger charge is -2.28. The number of benzene rings is 4. The van der Waals surface area contributed by atoms with Gasteiger partial charge in [-0.05, 0) is 84.7 Å². The number of hydrogen-bond donors (Lipinski definition) is 0. The molecule has 0 saturated heterocycles. The zero-order chi connectivity index (χ0) is 32.9. The van der Waals surface area contributed by atoms with Gasteiger partial charge in [0.2, 0.25) is 0 Å². The van der Waals surface area contributed by atoms with Crippen molar-refractivity contribution in [1.29, 1.82) is 0 Å². The van der Waals surface area contributed by atoms with Crippen LogP contribution in [0.15, 0.2) is 121 Å². The van der Waals surface area contributed by atoms with Crippen molar-refractivity contribution < 1.29 is 0 Å². The fraction of sp³-hybridized carbons (Fsp3) is 0.333. The van der Waals surface area contributed by atoms with Gasteiger partial charge in [0.25, 0.3) is 0 Å². The van der Waals surface area contributed by atoms with Crippen molar-refractivity contribution in [3.63, 3.8) is 0 Å². The summed E-state index contributed by atoms with van der Waals surface area (Å²) in [6.07, 6.45) is 10.9. The summed E-state index contributed by atoms with van der Waals surface area (Å²) in [6, 6.07) is 32.4. The summed E-state index contributed by atoms with van der Waals surface area (Å²) in [5.74, 6) is 0.586. The van der Waals surface area contributed by atoms with Gasteiger partial charge in [0, 0.05) is 22.7 Å². The van der Waals surface area contributed by atoms with Crippen LogP contribution in [0, 0.1) is 20.8 Å². The van der Waals surface area contributed by atoms with Gasteiger partial charge in [0.15, 0.2) is 0 Å². The summed E-state index contributed by atoms with van der Waals surface area (Å²) in [7, 11) is 0. The second kappa shape index (κ2) is 14.0. The third-order valence-corrected chi connectivity index (χ3v) is 9.94. The van der Waals surface area contributed by atoms with Crippen molar-refractivity contribution in [1.82, 2.24) is 0 Å². The second-order valence-corrected chi connectivity index (χ2v) is 14.2. The van der Waals surface area contributed by atoms with Gasteiger partial charge in [0.1, 0.15) is 0 Å². The molecule has 0 saturated carbocycles. The zero-order valence-electron chi connectivity index (χ0n) is 29.6. The topological polar surface area (TPSA) is 0 Å². The maximum atomic E-state index is 2.45. The summed E-state index contributed by atoms with van der Waals surface area (Å²) in [6.45, 7) is 24.9. The minimum atomic E-state index is -0.0700. The Balaban J connectivity index is 1.64. The predicted octanol–water partition coefficient (Wildman–Crippen LogP) is 12.6. The number of hydrogen-bond acceptors (Lipinski definition) is 0. The molecule has 0 radical (unpaired) electrons. The summed E-state index contributed by atoms with van der Waals surface area (Å²) < 4.78 is 0. The molecule has 0 aliphatic heterocycles. The third-order valence-electron chi connectivity index (χ3n) is 9.94. The molecule has 4 aromatic rings. The van der Waals surface area contributed by atoms with Crippen LogP contribution in [-0.4, -0.2) is 0 Å². The smallest absolute Gasteiger partial charge is 0.0146 e. The van der Waals surface area contributed by atoms with Gasteiger partial charge in [-0.2, -0.15) is 0 Å². The standard InChI is InChI=1S/C45H54/c1-12-15-31(2)16-14-27-44(8,9)40-25-21-33(4)42(29-40)35(6)37-17-13-18-38(28-37)36(7)43-30-41(26-22-34(43)5)45(10,11)39-23-19-32(3)20-24-39/h12-30,35-36H,1-11H3/b15-12-,27-14+,31-16-. The van der Waals surface area contributed by atoms with Crippen molar-refractivity contribution in [3.8, 4) is 0 Å². The molecule has 0 aliphatic carbocycles. The van der Waals surface area contributed by atoms with E-state index in [1.54, 1.807) is 0 Å². The van der Waals surface area contributed by atoms with Crippen LogP contribution < -0.4 is 0 Å². The van der Waals surface area contributed by atoms with Gasteiger partial charge < -0.3 is 0 Å². The molecule has 234 valence electrons. The highest BCUT2D eigenvalue weighted by Gasteiger charge is 2.25. The molecule has 2 unspecified atom stereocenters. The molecule has 0 heteroatoms.